The van der Waals surface area contributed by atoms with E-state index in [2.05, 4.69) is 0 Å². The Morgan fingerprint density at radius 3 is 2.68 bits per heavy atom. The normalized spacial score (nSPS) is 21.7. The Labute approximate surface area is 112 Å². The number of carbonyl (C=O) groups is 2. The number of ether oxygens (including phenoxy) is 1. The van der Waals surface area contributed by atoms with Gasteiger partial charge in [-0.1, -0.05) is 0 Å². The predicted octanol–water partition coefficient (Wildman–Crippen LogP) is 0.373. The number of nitrogens with zero attached hydrogens (tertiary/aromatic N) is 3. The van der Waals surface area contributed by atoms with Crippen LogP contribution in [-0.4, -0.2) is 66.3 Å². The van der Waals surface area contributed by atoms with Crippen LogP contribution in [0.3, 0.4) is 0 Å². The highest BCUT2D eigenvalue weighted by molar-refractivity contribution is 5.77. The van der Waals surface area contributed by atoms with Gasteiger partial charge >= 0.3 is 12.0 Å². The van der Waals surface area contributed by atoms with E-state index < -0.39 is 17.9 Å². The molecule has 1 rings (SSSR count). The van der Waals surface area contributed by atoms with E-state index in [1.54, 1.807) is 14.0 Å². The van der Waals surface area contributed by atoms with Gasteiger partial charge in [0.25, 0.3) is 0 Å². The molecule has 2 atom stereocenters. The number of likely N-dealkylation sites (N-methyl/N-ethyl adjacent to an activating group) is 1. The zero-order valence-electron chi connectivity index (χ0n) is 11.2. The minimum atomic E-state index is -0.951. The third-order valence-corrected chi connectivity index (χ3v) is 3.24. The van der Waals surface area contributed by atoms with Crippen LogP contribution in [0, 0.1) is 17.2 Å². The van der Waals surface area contributed by atoms with Crippen LogP contribution >= 0.6 is 0 Å². The van der Waals surface area contributed by atoms with Gasteiger partial charge in [-0.3, -0.25) is 4.79 Å². The molecule has 19 heavy (non-hydrogen) atoms. The van der Waals surface area contributed by atoms with Gasteiger partial charge in [-0.15, -0.1) is 0 Å². The molecular formula is C12H19N3O4. The van der Waals surface area contributed by atoms with E-state index in [9.17, 15) is 9.59 Å². The number of carboxylic acids is 1. The van der Waals surface area contributed by atoms with Crippen molar-refractivity contribution in [2.45, 2.75) is 19.4 Å². The summed E-state index contributed by atoms with van der Waals surface area (Å²) in [7, 11) is 1.61. The number of rotatable bonds is 5. The topological polar surface area (TPSA) is 93.9 Å². The van der Waals surface area contributed by atoms with Crippen LogP contribution in [0.2, 0.25) is 0 Å². The minimum absolute atomic E-state index is 0.131. The lowest BCUT2D eigenvalue weighted by atomic mass is 10.0. The highest BCUT2D eigenvalue weighted by Gasteiger charge is 2.40. The Morgan fingerprint density at radius 2 is 2.16 bits per heavy atom. The van der Waals surface area contributed by atoms with Crippen molar-refractivity contribution in [1.82, 2.24) is 9.80 Å². The van der Waals surface area contributed by atoms with Gasteiger partial charge in [0, 0.05) is 20.1 Å². The molecule has 0 aromatic carbocycles. The Morgan fingerprint density at radius 1 is 1.47 bits per heavy atom. The summed E-state index contributed by atoms with van der Waals surface area (Å²) in [6.45, 7) is 2.91. The first-order chi connectivity index (χ1) is 9.02. The molecule has 2 amide bonds. The largest absolute Gasteiger partial charge is 0.481 e. The third-order valence-electron chi connectivity index (χ3n) is 3.24. The smallest absolute Gasteiger partial charge is 0.320 e. The summed E-state index contributed by atoms with van der Waals surface area (Å²) in [6.07, 6.45) is 0.253. The standard InChI is InChI=1S/C12H19N3O4/c1-3-15(12(18)14(2)6-4-5-13)10-8-19-7-9(10)11(16)17/h9-10H,3-4,6-8H2,1-2H3,(H,16,17). The van der Waals surface area contributed by atoms with Crippen molar-refractivity contribution >= 4 is 12.0 Å². The lowest BCUT2D eigenvalue weighted by Crippen LogP contribution is -2.51. The second kappa shape index (κ2) is 6.95. The number of nitriles is 1. The summed E-state index contributed by atoms with van der Waals surface area (Å²) >= 11 is 0. The van der Waals surface area contributed by atoms with Crippen molar-refractivity contribution in [3.05, 3.63) is 0 Å². The third kappa shape index (κ3) is 3.58. The molecule has 0 radical (unpaired) electrons. The van der Waals surface area contributed by atoms with Crippen LogP contribution in [0.4, 0.5) is 4.79 Å². The van der Waals surface area contributed by atoms with Gasteiger partial charge in [0.05, 0.1) is 31.7 Å². The second-order valence-electron chi connectivity index (χ2n) is 4.45. The van der Waals surface area contributed by atoms with E-state index in [0.717, 1.165) is 0 Å². The first-order valence-corrected chi connectivity index (χ1v) is 6.22. The molecule has 106 valence electrons. The number of urea groups is 1. The molecule has 1 aliphatic rings. The van der Waals surface area contributed by atoms with Gasteiger partial charge in [0.2, 0.25) is 0 Å². The lowest BCUT2D eigenvalue weighted by molar-refractivity contribution is -0.142. The molecule has 1 aliphatic heterocycles. The van der Waals surface area contributed by atoms with E-state index in [1.807, 2.05) is 6.07 Å². The van der Waals surface area contributed by atoms with Crippen molar-refractivity contribution in [2.24, 2.45) is 5.92 Å². The number of aliphatic carboxylic acids is 1. The van der Waals surface area contributed by atoms with Gasteiger partial charge in [-0.25, -0.2) is 4.79 Å². The zero-order chi connectivity index (χ0) is 14.4. The van der Waals surface area contributed by atoms with E-state index in [0.29, 0.717) is 13.1 Å². The molecule has 1 heterocycles. The van der Waals surface area contributed by atoms with Crippen molar-refractivity contribution < 1.29 is 19.4 Å². The lowest BCUT2D eigenvalue weighted by Gasteiger charge is -2.32. The van der Waals surface area contributed by atoms with E-state index in [4.69, 9.17) is 15.1 Å². The zero-order valence-corrected chi connectivity index (χ0v) is 11.2. The van der Waals surface area contributed by atoms with E-state index in [1.165, 1.54) is 9.80 Å². The number of hydrogen-bond donors (Lipinski definition) is 1. The predicted molar refractivity (Wildman–Crippen MR) is 66.4 cm³/mol. The maximum Gasteiger partial charge on any atom is 0.320 e. The number of hydrogen-bond acceptors (Lipinski definition) is 4. The molecule has 0 aliphatic carbocycles. The Bertz CT molecular complexity index is 380. The maximum absolute atomic E-state index is 12.2. The van der Waals surface area contributed by atoms with Crippen LogP contribution in [0.1, 0.15) is 13.3 Å². The van der Waals surface area contributed by atoms with Gasteiger partial charge in [-0.2, -0.15) is 5.26 Å². The summed E-state index contributed by atoms with van der Waals surface area (Å²) in [6, 6.07) is 1.27. The van der Waals surface area contributed by atoms with Crippen LogP contribution < -0.4 is 0 Å². The van der Waals surface area contributed by atoms with E-state index >= 15 is 0 Å². The van der Waals surface area contributed by atoms with Gasteiger partial charge in [0.1, 0.15) is 5.92 Å². The van der Waals surface area contributed by atoms with Crippen LogP contribution in [0.25, 0.3) is 0 Å². The minimum Gasteiger partial charge on any atom is -0.481 e. The van der Waals surface area contributed by atoms with E-state index in [-0.39, 0.29) is 25.7 Å². The second-order valence-corrected chi connectivity index (χ2v) is 4.45. The Balaban J connectivity index is 2.74. The molecule has 0 aromatic heterocycles. The van der Waals surface area contributed by atoms with Crippen molar-refractivity contribution in [2.75, 3.05) is 33.4 Å². The first kappa shape index (κ1) is 15.2. The number of carbonyl (C=O) groups excluding carboxylic acids is 1. The molecule has 0 aromatic rings. The summed E-state index contributed by atoms with van der Waals surface area (Å²) in [5.74, 6) is -1.64. The molecule has 0 spiro atoms. The molecule has 1 N–H and O–H groups in total. The molecular weight excluding hydrogens is 250 g/mol. The molecule has 1 fully saturated rings. The molecule has 0 bridgehead atoms. The van der Waals surface area contributed by atoms with Crippen molar-refractivity contribution in [3.8, 4) is 6.07 Å². The molecule has 2 unspecified atom stereocenters. The monoisotopic (exact) mass is 269 g/mol. The Kier molecular flexibility index (Phi) is 5.57. The average molecular weight is 269 g/mol. The fourth-order valence-electron chi connectivity index (χ4n) is 2.13. The van der Waals surface area contributed by atoms with Gasteiger partial charge in [0.15, 0.2) is 0 Å². The van der Waals surface area contributed by atoms with Crippen molar-refractivity contribution in [3.63, 3.8) is 0 Å². The SMILES string of the molecule is CCN(C(=O)N(C)CCC#N)C1COCC1C(=O)O. The summed E-state index contributed by atoms with van der Waals surface area (Å²) in [5.41, 5.74) is 0. The summed E-state index contributed by atoms with van der Waals surface area (Å²) < 4.78 is 5.18. The van der Waals surface area contributed by atoms with Crippen molar-refractivity contribution in [1.29, 1.82) is 5.26 Å². The number of carboxylic acid groups (broad SMARTS) is 1. The maximum atomic E-state index is 12.2. The fourth-order valence-corrected chi connectivity index (χ4v) is 2.13. The van der Waals surface area contributed by atoms with Crippen LogP contribution in [0.5, 0.6) is 0 Å². The molecule has 7 heteroatoms. The highest BCUT2D eigenvalue weighted by atomic mass is 16.5. The summed E-state index contributed by atoms with van der Waals surface area (Å²) in [5, 5.41) is 17.6. The number of amides is 2. The molecule has 0 saturated carbocycles. The summed E-state index contributed by atoms with van der Waals surface area (Å²) in [4.78, 5) is 26.3. The molecule has 7 nitrogen and oxygen atoms in total. The van der Waals surface area contributed by atoms with Crippen LogP contribution in [-0.2, 0) is 9.53 Å². The average Bonchev–Trinajstić information content (AvgIpc) is 2.86. The highest BCUT2D eigenvalue weighted by Crippen LogP contribution is 2.21. The van der Waals surface area contributed by atoms with Crippen LogP contribution in [0.15, 0.2) is 0 Å². The van der Waals surface area contributed by atoms with Gasteiger partial charge < -0.3 is 19.6 Å². The fraction of sp³-hybridized carbons (Fsp3) is 0.750. The van der Waals surface area contributed by atoms with Gasteiger partial charge in [-0.05, 0) is 6.92 Å². The first-order valence-electron chi connectivity index (χ1n) is 6.22. The quantitative estimate of drug-likeness (QED) is 0.778. The Hall–Kier alpha value is -1.81. The molecule has 1 saturated heterocycles.